The topological polar surface area (TPSA) is 70.5 Å². The van der Waals surface area contributed by atoms with Crippen LogP contribution in [0.15, 0.2) is 73.1 Å². The van der Waals surface area contributed by atoms with Crippen LogP contribution in [0.5, 0.6) is 0 Å². The molecular formula is C23H25N5O2. The van der Waals surface area contributed by atoms with Crippen LogP contribution in [-0.2, 0) is 16.0 Å². The number of aromatic nitrogens is 2. The summed E-state index contributed by atoms with van der Waals surface area (Å²) in [7, 11) is 2.07. The van der Waals surface area contributed by atoms with Crippen LogP contribution < -0.4 is 5.32 Å². The molecule has 4 rings (SSSR count). The van der Waals surface area contributed by atoms with Crippen molar-refractivity contribution in [3.8, 4) is 5.69 Å². The molecule has 1 aliphatic heterocycles. The molecule has 0 radical (unpaired) electrons. The van der Waals surface area contributed by atoms with E-state index in [0.29, 0.717) is 18.8 Å². The lowest BCUT2D eigenvalue weighted by molar-refractivity contribution is -0.145. The Morgan fingerprint density at radius 1 is 1.03 bits per heavy atom. The van der Waals surface area contributed by atoms with Crippen LogP contribution in [0.2, 0.25) is 0 Å². The Morgan fingerprint density at radius 3 is 2.50 bits per heavy atom. The second-order valence-electron chi connectivity index (χ2n) is 7.53. The summed E-state index contributed by atoms with van der Waals surface area (Å²) in [5, 5.41) is 6.89. The van der Waals surface area contributed by atoms with E-state index in [4.69, 9.17) is 0 Å². The molecule has 2 heterocycles. The number of rotatable bonds is 4. The second kappa shape index (κ2) is 8.92. The fourth-order valence-electron chi connectivity index (χ4n) is 3.68. The molecule has 3 aromatic rings. The molecule has 1 N–H and O–H groups in total. The molecule has 0 bridgehead atoms. The molecule has 0 aliphatic carbocycles. The normalized spacial score (nSPS) is 17.0. The van der Waals surface area contributed by atoms with Crippen molar-refractivity contribution in [2.75, 3.05) is 32.0 Å². The first-order chi connectivity index (χ1) is 14.6. The highest BCUT2D eigenvalue weighted by molar-refractivity contribution is 6.39. The number of carbonyl (C=O) groups excluding carboxylic acids is 2. The summed E-state index contributed by atoms with van der Waals surface area (Å²) < 4.78 is 1.73. The molecule has 0 spiro atoms. The van der Waals surface area contributed by atoms with Crippen LogP contribution in [0.3, 0.4) is 0 Å². The lowest BCUT2D eigenvalue weighted by Crippen LogP contribution is -2.56. The van der Waals surface area contributed by atoms with E-state index in [-0.39, 0.29) is 6.04 Å². The highest BCUT2D eigenvalue weighted by Crippen LogP contribution is 2.16. The number of amides is 2. The number of hydrogen-bond donors (Lipinski definition) is 1. The molecule has 1 aromatic heterocycles. The molecular weight excluding hydrogens is 378 g/mol. The van der Waals surface area contributed by atoms with Gasteiger partial charge < -0.3 is 10.2 Å². The van der Waals surface area contributed by atoms with E-state index in [1.165, 1.54) is 5.56 Å². The highest BCUT2D eigenvalue weighted by atomic mass is 16.2. The van der Waals surface area contributed by atoms with Crippen molar-refractivity contribution in [2.45, 2.75) is 12.5 Å². The van der Waals surface area contributed by atoms with Gasteiger partial charge in [-0.2, -0.15) is 5.10 Å². The fraction of sp³-hybridized carbons (Fsp3) is 0.261. The third-order valence-corrected chi connectivity index (χ3v) is 5.47. The van der Waals surface area contributed by atoms with Gasteiger partial charge in [0, 0.05) is 43.8 Å². The SMILES string of the molecule is CN1CCN(C(=O)C(=O)Nc2ccc(-n3cccn3)cc2)CC1Cc1ccccc1. The number of nitrogens with one attached hydrogen (secondary N) is 1. The first-order valence-electron chi connectivity index (χ1n) is 10.0. The molecule has 1 aliphatic rings. The molecule has 0 saturated carbocycles. The molecule has 2 amide bonds. The highest BCUT2D eigenvalue weighted by Gasteiger charge is 2.30. The van der Waals surface area contributed by atoms with Crippen molar-refractivity contribution in [1.29, 1.82) is 0 Å². The quantitative estimate of drug-likeness (QED) is 0.678. The number of likely N-dealkylation sites (N-methyl/N-ethyl adjacent to an activating group) is 1. The molecule has 1 unspecified atom stereocenters. The number of hydrogen-bond acceptors (Lipinski definition) is 4. The Balaban J connectivity index is 1.36. The maximum Gasteiger partial charge on any atom is 0.313 e. The van der Waals surface area contributed by atoms with Crippen LogP contribution in [0.1, 0.15) is 5.56 Å². The molecule has 1 saturated heterocycles. The van der Waals surface area contributed by atoms with Crippen molar-refractivity contribution in [2.24, 2.45) is 0 Å². The van der Waals surface area contributed by atoms with Crippen molar-refractivity contribution in [1.82, 2.24) is 19.6 Å². The van der Waals surface area contributed by atoms with Gasteiger partial charge in [-0.05, 0) is 49.4 Å². The van der Waals surface area contributed by atoms with Gasteiger partial charge in [0.2, 0.25) is 0 Å². The van der Waals surface area contributed by atoms with Crippen molar-refractivity contribution < 1.29 is 9.59 Å². The van der Waals surface area contributed by atoms with E-state index in [1.54, 1.807) is 27.9 Å². The van der Waals surface area contributed by atoms with Gasteiger partial charge in [-0.1, -0.05) is 30.3 Å². The van der Waals surface area contributed by atoms with E-state index in [2.05, 4.69) is 34.5 Å². The molecule has 1 fully saturated rings. The Bertz CT molecular complexity index is 986. The average Bonchev–Trinajstić information content (AvgIpc) is 3.31. The first kappa shape index (κ1) is 19.8. The molecule has 2 aromatic carbocycles. The Morgan fingerprint density at radius 2 is 1.80 bits per heavy atom. The van der Waals surface area contributed by atoms with E-state index < -0.39 is 11.8 Å². The van der Waals surface area contributed by atoms with E-state index >= 15 is 0 Å². The van der Waals surface area contributed by atoms with Crippen LogP contribution in [0, 0.1) is 0 Å². The fourth-order valence-corrected chi connectivity index (χ4v) is 3.68. The summed E-state index contributed by atoms with van der Waals surface area (Å²) in [6, 6.07) is 19.5. The summed E-state index contributed by atoms with van der Waals surface area (Å²) in [6.07, 6.45) is 4.39. The van der Waals surface area contributed by atoms with E-state index in [0.717, 1.165) is 18.7 Å². The van der Waals surface area contributed by atoms with Crippen LogP contribution in [-0.4, -0.2) is 64.1 Å². The van der Waals surface area contributed by atoms with Gasteiger partial charge in [0.15, 0.2) is 0 Å². The number of anilines is 1. The number of piperazine rings is 1. The van der Waals surface area contributed by atoms with Gasteiger partial charge in [0.25, 0.3) is 0 Å². The van der Waals surface area contributed by atoms with E-state index in [1.807, 2.05) is 42.6 Å². The monoisotopic (exact) mass is 403 g/mol. The molecule has 1 atom stereocenters. The zero-order valence-electron chi connectivity index (χ0n) is 16.9. The molecule has 154 valence electrons. The predicted octanol–water partition coefficient (Wildman–Crippen LogP) is 2.20. The van der Waals surface area contributed by atoms with Crippen LogP contribution in [0.25, 0.3) is 5.69 Å². The number of carbonyl (C=O) groups is 2. The van der Waals surface area contributed by atoms with Gasteiger partial charge >= 0.3 is 11.8 Å². The van der Waals surface area contributed by atoms with Gasteiger partial charge in [-0.25, -0.2) is 4.68 Å². The molecule has 7 heteroatoms. The summed E-state index contributed by atoms with van der Waals surface area (Å²) in [4.78, 5) is 29.2. The Hall–Kier alpha value is -3.45. The maximum absolute atomic E-state index is 12.7. The standard InChI is InChI=1S/C23H25N5O2/c1-26-14-15-27(17-21(26)16-18-6-3-2-4-7-18)23(30)22(29)25-19-8-10-20(11-9-19)28-13-5-12-24-28/h2-13,21H,14-17H2,1H3,(H,25,29). The summed E-state index contributed by atoms with van der Waals surface area (Å²) in [5.41, 5.74) is 2.69. The lowest BCUT2D eigenvalue weighted by atomic mass is 10.0. The molecule has 30 heavy (non-hydrogen) atoms. The number of nitrogens with zero attached hydrogens (tertiary/aromatic N) is 4. The van der Waals surface area contributed by atoms with Crippen molar-refractivity contribution in [3.63, 3.8) is 0 Å². The van der Waals surface area contributed by atoms with Gasteiger partial charge in [0.1, 0.15) is 0 Å². The van der Waals surface area contributed by atoms with Crippen molar-refractivity contribution >= 4 is 17.5 Å². The summed E-state index contributed by atoms with van der Waals surface area (Å²) >= 11 is 0. The maximum atomic E-state index is 12.7. The van der Waals surface area contributed by atoms with E-state index in [9.17, 15) is 9.59 Å². The summed E-state index contributed by atoms with van der Waals surface area (Å²) in [6.45, 7) is 1.83. The first-order valence-corrected chi connectivity index (χ1v) is 10.0. The smallest absolute Gasteiger partial charge is 0.313 e. The third kappa shape index (κ3) is 4.58. The second-order valence-corrected chi connectivity index (χ2v) is 7.53. The third-order valence-electron chi connectivity index (χ3n) is 5.47. The minimum atomic E-state index is -0.607. The average molecular weight is 403 g/mol. The zero-order valence-corrected chi connectivity index (χ0v) is 16.9. The molecule has 7 nitrogen and oxygen atoms in total. The Kier molecular flexibility index (Phi) is 5.90. The predicted molar refractivity (Wildman–Crippen MR) is 115 cm³/mol. The minimum absolute atomic E-state index is 0.186. The van der Waals surface area contributed by atoms with Gasteiger partial charge in [0.05, 0.1) is 5.69 Å². The minimum Gasteiger partial charge on any atom is -0.332 e. The largest absolute Gasteiger partial charge is 0.332 e. The van der Waals surface area contributed by atoms with Crippen LogP contribution in [0.4, 0.5) is 5.69 Å². The van der Waals surface area contributed by atoms with Gasteiger partial charge in [-0.3, -0.25) is 14.5 Å². The lowest BCUT2D eigenvalue weighted by Gasteiger charge is -2.39. The van der Waals surface area contributed by atoms with Crippen molar-refractivity contribution in [3.05, 3.63) is 78.6 Å². The number of benzene rings is 2. The Labute approximate surface area is 175 Å². The van der Waals surface area contributed by atoms with Crippen LogP contribution >= 0.6 is 0 Å². The van der Waals surface area contributed by atoms with Gasteiger partial charge in [-0.15, -0.1) is 0 Å². The summed E-state index contributed by atoms with van der Waals surface area (Å²) in [5.74, 6) is -1.10. The zero-order chi connectivity index (χ0) is 20.9.